The Morgan fingerprint density at radius 3 is 2.51 bits per heavy atom. The van der Waals surface area contributed by atoms with E-state index in [4.69, 9.17) is 9.47 Å². The molecule has 1 aromatic rings. The van der Waals surface area contributed by atoms with Gasteiger partial charge in [0.2, 0.25) is 5.91 Å². The predicted octanol–water partition coefficient (Wildman–Crippen LogP) is 3.86. The standard InChI is InChI=1S/C29H48N4O4/c1-6-33(27(35)31-21-28(2,3)22-32(4)5)26(34)25(20-30-19-23-11-8-7-9-12-23)17-24-13-10-14-29(18-24)36-15-16-37-29/h7-9,11-12,24-25,30H,6,10,13-22H2,1-5H3,(H,31,35)/t24-,25-/m1/s1. The van der Waals surface area contributed by atoms with Gasteiger partial charge in [0.1, 0.15) is 0 Å². The van der Waals surface area contributed by atoms with Gasteiger partial charge in [-0.2, -0.15) is 0 Å². The van der Waals surface area contributed by atoms with Crippen LogP contribution in [-0.2, 0) is 20.8 Å². The first-order chi connectivity index (χ1) is 17.6. The Labute approximate surface area is 223 Å². The minimum atomic E-state index is -0.478. The molecule has 0 unspecified atom stereocenters. The van der Waals surface area contributed by atoms with Crippen LogP contribution < -0.4 is 10.6 Å². The minimum Gasteiger partial charge on any atom is -0.348 e. The SMILES string of the molecule is CCN(C(=O)NCC(C)(C)CN(C)C)C(=O)[C@@H](CNCc1ccccc1)C[C@H]1CCCC2(C1)OCCO2. The van der Waals surface area contributed by atoms with Crippen molar-refractivity contribution in [1.82, 2.24) is 20.4 Å². The summed E-state index contributed by atoms with van der Waals surface area (Å²) in [6, 6.07) is 9.87. The maximum absolute atomic E-state index is 13.8. The van der Waals surface area contributed by atoms with Crippen LogP contribution >= 0.6 is 0 Å². The van der Waals surface area contributed by atoms with Crippen molar-refractivity contribution in [2.75, 3.05) is 53.5 Å². The van der Waals surface area contributed by atoms with E-state index in [1.165, 1.54) is 10.5 Å². The monoisotopic (exact) mass is 516 g/mol. The molecule has 2 fully saturated rings. The van der Waals surface area contributed by atoms with Gasteiger partial charge in [0.25, 0.3) is 0 Å². The van der Waals surface area contributed by atoms with Gasteiger partial charge >= 0.3 is 6.03 Å². The third-order valence-electron chi connectivity index (χ3n) is 7.40. The molecule has 37 heavy (non-hydrogen) atoms. The average Bonchev–Trinajstić information content (AvgIpc) is 3.29. The maximum atomic E-state index is 13.8. The summed E-state index contributed by atoms with van der Waals surface area (Å²) in [5.74, 6) is -0.571. The van der Waals surface area contributed by atoms with Crippen molar-refractivity contribution in [3.8, 4) is 0 Å². The molecule has 2 aliphatic rings. The number of hydrogen-bond acceptors (Lipinski definition) is 6. The van der Waals surface area contributed by atoms with Crippen LogP contribution in [0.15, 0.2) is 30.3 Å². The third-order valence-corrected chi connectivity index (χ3v) is 7.40. The van der Waals surface area contributed by atoms with Crippen molar-refractivity contribution in [3.05, 3.63) is 35.9 Å². The van der Waals surface area contributed by atoms with E-state index in [1.807, 2.05) is 39.2 Å². The first kappa shape index (κ1) is 29.6. The van der Waals surface area contributed by atoms with Crippen molar-refractivity contribution in [2.45, 2.75) is 65.2 Å². The molecule has 0 radical (unpaired) electrons. The normalized spacial score (nSPS) is 20.2. The highest BCUT2D eigenvalue weighted by Gasteiger charge is 2.42. The topological polar surface area (TPSA) is 83.1 Å². The lowest BCUT2D eigenvalue weighted by Gasteiger charge is -2.38. The molecule has 8 heteroatoms. The molecule has 2 N–H and O–H groups in total. The summed E-state index contributed by atoms with van der Waals surface area (Å²) in [6.07, 6.45) is 4.52. The maximum Gasteiger partial charge on any atom is 0.324 e. The van der Waals surface area contributed by atoms with Crippen LogP contribution in [0.2, 0.25) is 0 Å². The number of carbonyl (C=O) groups is 2. The average molecular weight is 517 g/mol. The number of urea groups is 1. The summed E-state index contributed by atoms with van der Waals surface area (Å²) in [5, 5.41) is 6.50. The zero-order chi connectivity index (χ0) is 26.9. The van der Waals surface area contributed by atoms with Crippen LogP contribution in [0.5, 0.6) is 0 Å². The van der Waals surface area contributed by atoms with Crippen LogP contribution in [0.1, 0.15) is 58.4 Å². The van der Waals surface area contributed by atoms with E-state index in [-0.39, 0.29) is 23.3 Å². The Morgan fingerprint density at radius 2 is 1.86 bits per heavy atom. The van der Waals surface area contributed by atoms with Gasteiger partial charge in [-0.3, -0.25) is 9.69 Å². The quantitative estimate of drug-likeness (QED) is 0.439. The lowest BCUT2D eigenvalue weighted by atomic mass is 9.79. The van der Waals surface area contributed by atoms with Gasteiger partial charge in [-0.15, -0.1) is 0 Å². The second-order valence-corrected chi connectivity index (χ2v) is 11.8. The van der Waals surface area contributed by atoms with Crippen molar-refractivity contribution in [2.24, 2.45) is 17.3 Å². The van der Waals surface area contributed by atoms with E-state index in [9.17, 15) is 9.59 Å². The number of ether oxygens (including phenoxy) is 2. The molecule has 0 bridgehead atoms. The fourth-order valence-corrected chi connectivity index (χ4v) is 5.87. The number of carbonyl (C=O) groups excluding carboxylic acids is 2. The highest BCUT2D eigenvalue weighted by atomic mass is 16.7. The molecule has 1 aliphatic carbocycles. The summed E-state index contributed by atoms with van der Waals surface area (Å²) in [4.78, 5) is 30.5. The number of rotatable bonds is 12. The molecule has 8 nitrogen and oxygen atoms in total. The molecule has 1 aromatic carbocycles. The molecule has 1 heterocycles. The highest BCUT2D eigenvalue weighted by molar-refractivity contribution is 5.95. The van der Waals surface area contributed by atoms with E-state index in [0.29, 0.717) is 51.7 Å². The van der Waals surface area contributed by atoms with Gasteiger partial charge < -0.3 is 25.0 Å². The lowest BCUT2D eigenvalue weighted by Crippen LogP contribution is -2.51. The molecular weight excluding hydrogens is 468 g/mol. The van der Waals surface area contributed by atoms with Crippen molar-refractivity contribution in [1.29, 1.82) is 0 Å². The molecule has 1 spiro atoms. The van der Waals surface area contributed by atoms with Gasteiger partial charge in [0, 0.05) is 45.6 Å². The minimum absolute atomic E-state index is 0.101. The first-order valence-corrected chi connectivity index (χ1v) is 13.9. The Balaban J connectivity index is 1.66. The van der Waals surface area contributed by atoms with Crippen molar-refractivity contribution in [3.63, 3.8) is 0 Å². The highest BCUT2D eigenvalue weighted by Crippen LogP contribution is 2.41. The zero-order valence-electron chi connectivity index (χ0n) is 23.6. The fraction of sp³-hybridized carbons (Fsp3) is 0.724. The van der Waals surface area contributed by atoms with E-state index in [0.717, 1.165) is 32.2 Å². The summed E-state index contributed by atoms with van der Waals surface area (Å²) < 4.78 is 12.0. The molecule has 2 atom stereocenters. The van der Waals surface area contributed by atoms with Gasteiger partial charge in [0.05, 0.1) is 19.1 Å². The summed E-state index contributed by atoms with van der Waals surface area (Å²) in [6.45, 7) is 10.3. The third kappa shape index (κ3) is 9.06. The number of nitrogens with one attached hydrogen (secondary N) is 2. The number of nitrogens with zero attached hydrogens (tertiary/aromatic N) is 2. The number of hydrogen-bond donors (Lipinski definition) is 2. The molecule has 0 aromatic heterocycles. The predicted molar refractivity (Wildman–Crippen MR) is 146 cm³/mol. The smallest absolute Gasteiger partial charge is 0.324 e. The molecule has 208 valence electrons. The van der Waals surface area contributed by atoms with Crippen LogP contribution in [0.25, 0.3) is 0 Å². The molecule has 1 saturated carbocycles. The number of imide groups is 1. The van der Waals surface area contributed by atoms with Crippen molar-refractivity contribution >= 4 is 11.9 Å². The van der Waals surface area contributed by atoms with Crippen molar-refractivity contribution < 1.29 is 19.1 Å². The first-order valence-electron chi connectivity index (χ1n) is 13.9. The van der Waals surface area contributed by atoms with E-state index in [1.54, 1.807) is 0 Å². The molecular formula is C29H48N4O4. The summed E-state index contributed by atoms with van der Waals surface area (Å²) in [7, 11) is 4.05. The van der Waals surface area contributed by atoms with Crippen LogP contribution in [0.4, 0.5) is 4.79 Å². The zero-order valence-corrected chi connectivity index (χ0v) is 23.6. The van der Waals surface area contributed by atoms with Gasteiger partial charge in [-0.1, -0.05) is 50.6 Å². The molecule has 1 aliphatic heterocycles. The van der Waals surface area contributed by atoms with E-state index in [2.05, 4.69) is 41.5 Å². The Kier molecular flexibility index (Phi) is 10.9. The van der Waals surface area contributed by atoms with Gasteiger partial charge in [0.15, 0.2) is 5.79 Å². The molecule has 3 amide bonds. The second kappa shape index (κ2) is 13.7. The largest absolute Gasteiger partial charge is 0.348 e. The Bertz CT molecular complexity index is 855. The molecule has 3 rings (SSSR count). The Hall–Kier alpha value is -2.00. The second-order valence-electron chi connectivity index (χ2n) is 11.8. The number of benzene rings is 1. The summed E-state index contributed by atoms with van der Waals surface area (Å²) in [5.41, 5.74) is 1.07. The van der Waals surface area contributed by atoms with Crippen LogP contribution in [-0.4, -0.2) is 81.0 Å². The number of amides is 3. The lowest BCUT2D eigenvalue weighted by molar-refractivity contribution is -0.188. The van der Waals surface area contributed by atoms with Crippen LogP contribution in [0.3, 0.4) is 0 Å². The summed E-state index contributed by atoms with van der Waals surface area (Å²) >= 11 is 0. The van der Waals surface area contributed by atoms with E-state index < -0.39 is 5.79 Å². The fourth-order valence-electron chi connectivity index (χ4n) is 5.87. The van der Waals surface area contributed by atoms with E-state index >= 15 is 0 Å². The van der Waals surface area contributed by atoms with Gasteiger partial charge in [-0.25, -0.2) is 4.79 Å². The van der Waals surface area contributed by atoms with Gasteiger partial charge in [-0.05, 0) is 50.8 Å². The van der Waals surface area contributed by atoms with Crippen LogP contribution in [0, 0.1) is 17.3 Å². The molecule has 1 saturated heterocycles. The Morgan fingerprint density at radius 1 is 1.16 bits per heavy atom.